The van der Waals surface area contributed by atoms with Gasteiger partial charge in [-0.3, -0.25) is 9.59 Å². The molecule has 124 valence electrons. The number of aryl methyl sites for hydroxylation is 1. The number of nitrogens with zero attached hydrogens (tertiary/aromatic N) is 1. The Bertz CT molecular complexity index is 988. The predicted octanol–water partition coefficient (Wildman–Crippen LogP) is 3.76. The van der Waals surface area contributed by atoms with E-state index in [4.69, 9.17) is 4.74 Å². The van der Waals surface area contributed by atoms with Crippen molar-refractivity contribution in [3.63, 3.8) is 0 Å². The molecule has 0 aliphatic carbocycles. The number of fused-ring (bicyclic) bond motifs is 2. The van der Waals surface area contributed by atoms with Crippen LogP contribution in [0.15, 0.2) is 60.7 Å². The topological polar surface area (TPSA) is 46.6 Å². The third-order valence-corrected chi connectivity index (χ3v) is 4.45. The maximum Gasteiger partial charge on any atom is 0.299 e. The average Bonchev–Trinajstić information content (AvgIpc) is 2.86. The smallest absolute Gasteiger partial charge is 0.299 e. The first-order chi connectivity index (χ1) is 12.1. The minimum atomic E-state index is -0.484. The Balaban J connectivity index is 1.52. The van der Waals surface area contributed by atoms with E-state index in [1.807, 2.05) is 61.5 Å². The van der Waals surface area contributed by atoms with Crippen molar-refractivity contribution in [2.75, 3.05) is 18.1 Å². The molecule has 0 N–H and O–H groups in total. The summed E-state index contributed by atoms with van der Waals surface area (Å²) in [5.74, 6) is -0.147. The van der Waals surface area contributed by atoms with Crippen molar-refractivity contribution in [1.29, 1.82) is 0 Å². The van der Waals surface area contributed by atoms with Crippen LogP contribution < -0.4 is 9.64 Å². The fourth-order valence-electron chi connectivity index (χ4n) is 3.20. The zero-order valence-corrected chi connectivity index (χ0v) is 13.9. The van der Waals surface area contributed by atoms with Crippen LogP contribution in [0.4, 0.5) is 5.69 Å². The molecule has 0 saturated heterocycles. The van der Waals surface area contributed by atoms with Gasteiger partial charge in [0.15, 0.2) is 0 Å². The van der Waals surface area contributed by atoms with E-state index in [-0.39, 0.29) is 0 Å². The molecule has 4 nitrogen and oxygen atoms in total. The van der Waals surface area contributed by atoms with Crippen molar-refractivity contribution in [3.8, 4) is 5.75 Å². The Hall–Kier alpha value is -3.14. The van der Waals surface area contributed by atoms with Gasteiger partial charge in [0.05, 0.1) is 17.8 Å². The fraction of sp³-hybridized carbons (Fsp3) is 0.143. The van der Waals surface area contributed by atoms with Gasteiger partial charge in [-0.1, -0.05) is 48.0 Å². The Morgan fingerprint density at radius 2 is 1.76 bits per heavy atom. The molecule has 0 bridgehead atoms. The van der Waals surface area contributed by atoms with Gasteiger partial charge in [-0.2, -0.15) is 0 Å². The molecule has 0 radical (unpaired) electrons. The van der Waals surface area contributed by atoms with Crippen LogP contribution in [0.5, 0.6) is 5.75 Å². The summed E-state index contributed by atoms with van der Waals surface area (Å²) in [6.45, 7) is 2.56. The second kappa shape index (κ2) is 6.06. The number of carbonyl (C=O) groups is 2. The van der Waals surface area contributed by atoms with Gasteiger partial charge in [0, 0.05) is 5.39 Å². The van der Waals surface area contributed by atoms with Crippen LogP contribution in [0.25, 0.3) is 10.8 Å². The first-order valence-corrected chi connectivity index (χ1v) is 8.22. The molecule has 3 aromatic rings. The molecule has 0 atom stereocenters. The molecule has 0 fully saturated rings. The summed E-state index contributed by atoms with van der Waals surface area (Å²) in [6, 6.07) is 19.4. The van der Waals surface area contributed by atoms with Crippen LogP contribution in [0.3, 0.4) is 0 Å². The summed E-state index contributed by atoms with van der Waals surface area (Å²) < 4.78 is 5.90. The van der Waals surface area contributed by atoms with E-state index in [2.05, 4.69) is 0 Å². The maximum absolute atomic E-state index is 12.2. The molecule has 0 saturated carbocycles. The molecule has 0 aromatic heterocycles. The number of rotatable bonds is 4. The Labute approximate surface area is 145 Å². The van der Waals surface area contributed by atoms with Gasteiger partial charge >= 0.3 is 0 Å². The number of amides is 1. The van der Waals surface area contributed by atoms with Crippen molar-refractivity contribution < 1.29 is 14.3 Å². The van der Waals surface area contributed by atoms with E-state index in [0.717, 1.165) is 22.1 Å². The SMILES string of the molecule is Cc1ccc2c(c1)C(=O)C(=O)N2CCOc1cccc2ccccc12. The van der Waals surface area contributed by atoms with Gasteiger partial charge in [-0.05, 0) is 30.5 Å². The lowest BCUT2D eigenvalue weighted by molar-refractivity contribution is -0.114. The second-order valence-electron chi connectivity index (χ2n) is 6.13. The van der Waals surface area contributed by atoms with Gasteiger partial charge in [0.2, 0.25) is 0 Å². The van der Waals surface area contributed by atoms with Crippen LogP contribution >= 0.6 is 0 Å². The standard InChI is InChI=1S/C21H17NO3/c1-14-9-10-18-17(13-14)20(23)21(24)22(18)11-12-25-19-8-4-6-15-5-2-3-7-16(15)19/h2-10,13H,11-12H2,1H3. The predicted molar refractivity (Wildman–Crippen MR) is 97.3 cm³/mol. The molecule has 3 aromatic carbocycles. The highest BCUT2D eigenvalue weighted by Gasteiger charge is 2.35. The first kappa shape index (κ1) is 15.4. The summed E-state index contributed by atoms with van der Waals surface area (Å²) in [5, 5.41) is 2.14. The average molecular weight is 331 g/mol. The van der Waals surface area contributed by atoms with Crippen molar-refractivity contribution in [2.24, 2.45) is 0 Å². The molecule has 0 unspecified atom stereocenters. The number of carbonyl (C=O) groups excluding carboxylic acids is 2. The molecule has 25 heavy (non-hydrogen) atoms. The molecule has 1 heterocycles. The number of ketones is 1. The lowest BCUT2D eigenvalue weighted by atomic mass is 10.1. The maximum atomic E-state index is 12.2. The van der Waals surface area contributed by atoms with E-state index in [1.54, 1.807) is 6.07 Å². The van der Waals surface area contributed by atoms with Gasteiger partial charge in [-0.25, -0.2) is 0 Å². The largest absolute Gasteiger partial charge is 0.491 e. The highest BCUT2D eigenvalue weighted by Crippen LogP contribution is 2.30. The van der Waals surface area contributed by atoms with E-state index >= 15 is 0 Å². The summed E-state index contributed by atoms with van der Waals surface area (Å²) in [5.41, 5.74) is 2.12. The summed E-state index contributed by atoms with van der Waals surface area (Å²) in [4.78, 5) is 25.9. The first-order valence-electron chi connectivity index (χ1n) is 8.22. The van der Waals surface area contributed by atoms with Crippen LogP contribution in [0, 0.1) is 6.92 Å². The van der Waals surface area contributed by atoms with Gasteiger partial charge in [0.25, 0.3) is 11.7 Å². The Morgan fingerprint density at radius 3 is 2.64 bits per heavy atom. The zero-order valence-electron chi connectivity index (χ0n) is 13.9. The van der Waals surface area contributed by atoms with Crippen LogP contribution in [-0.2, 0) is 4.79 Å². The second-order valence-corrected chi connectivity index (χ2v) is 6.13. The number of benzene rings is 3. The van der Waals surface area contributed by atoms with Crippen LogP contribution in [-0.4, -0.2) is 24.8 Å². The Morgan fingerprint density at radius 1 is 0.960 bits per heavy atom. The molecule has 1 aliphatic rings. The van der Waals surface area contributed by atoms with Crippen LogP contribution in [0.2, 0.25) is 0 Å². The highest BCUT2D eigenvalue weighted by molar-refractivity contribution is 6.52. The number of anilines is 1. The summed E-state index contributed by atoms with van der Waals surface area (Å²) in [6.07, 6.45) is 0. The number of ether oxygens (including phenoxy) is 1. The van der Waals surface area contributed by atoms with Crippen molar-refractivity contribution >= 4 is 28.2 Å². The normalized spacial score (nSPS) is 13.4. The lowest BCUT2D eigenvalue weighted by Crippen LogP contribution is -2.33. The number of hydrogen-bond donors (Lipinski definition) is 0. The minimum absolute atomic E-state index is 0.320. The van der Waals surface area contributed by atoms with E-state index < -0.39 is 11.7 Å². The van der Waals surface area contributed by atoms with Crippen molar-refractivity contribution in [3.05, 3.63) is 71.8 Å². The summed E-state index contributed by atoms with van der Waals surface area (Å²) in [7, 11) is 0. The number of hydrogen-bond acceptors (Lipinski definition) is 3. The Kier molecular flexibility index (Phi) is 3.73. The molecule has 4 rings (SSSR count). The van der Waals surface area contributed by atoms with E-state index in [1.165, 1.54) is 4.90 Å². The van der Waals surface area contributed by atoms with Crippen molar-refractivity contribution in [1.82, 2.24) is 0 Å². The zero-order chi connectivity index (χ0) is 17.4. The monoisotopic (exact) mass is 331 g/mol. The molecule has 0 spiro atoms. The van der Waals surface area contributed by atoms with Gasteiger partial charge in [0.1, 0.15) is 12.4 Å². The molecule has 1 amide bonds. The number of Topliss-reactive ketones (excluding diaryl/α,β-unsaturated/α-hetero) is 1. The van der Waals surface area contributed by atoms with E-state index in [9.17, 15) is 9.59 Å². The summed E-state index contributed by atoms with van der Waals surface area (Å²) >= 11 is 0. The third-order valence-electron chi connectivity index (χ3n) is 4.45. The van der Waals surface area contributed by atoms with E-state index in [0.29, 0.717) is 24.4 Å². The van der Waals surface area contributed by atoms with Crippen LogP contribution in [0.1, 0.15) is 15.9 Å². The lowest BCUT2D eigenvalue weighted by Gasteiger charge is -2.17. The van der Waals surface area contributed by atoms with Gasteiger partial charge < -0.3 is 9.64 Å². The molecular weight excluding hydrogens is 314 g/mol. The van der Waals surface area contributed by atoms with Gasteiger partial charge in [-0.15, -0.1) is 0 Å². The minimum Gasteiger partial charge on any atom is -0.491 e. The highest BCUT2D eigenvalue weighted by atomic mass is 16.5. The molecule has 1 aliphatic heterocycles. The van der Waals surface area contributed by atoms with Crippen molar-refractivity contribution in [2.45, 2.75) is 6.92 Å². The molecule has 4 heteroatoms. The quantitative estimate of drug-likeness (QED) is 0.684. The fourth-order valence-corrected chi connectivity index (χ4v) is 3.20. The molecular formula is C21H17NO3. The third kappa shape index (κ3) is 2.66.